The van der Waals surface area contributed by atoms with Gasteiger partial charge < -0.3 is 29.2 Å². The molecule has 9 nitrogen and oxygen atoms in total. The van der Waals surface area contributed by atoms with Gasteiger partial charge in [-0.1, -0.05) is 32.0 Å². The Hall–Kier alpha value is -2.49. The maximum atomic E-state index is 13.3. The minimum absolute atomic E-state index is 0.0310. The van der Waals surface area contributed by atoms with Crippen LogP contribution in [0.3, 0.4) is 0 Å². The van der Waals surface area contributed by atoms with Gasteiger partial charge in [-0.3, -0.25) is 9.59 Å². The first kappa shape index (κ1) is 27.1. The molecule has 9 atom stereocenters. The van der Waals surface area contributed by atoms with Gasteiger partial charge in [-0.05, 0) is 44.7 Å². The fourth-order valence-electron chi connectivity index (χ4n) is 8.10. The van der Waals surface area contributed by atoms with Gasteiger partial charge >= 0.3 is 17.9 Å². The van der Waals surface area contributed by atoms with E-state index in [4.69, 9.17) is 18.9 Å². The summed E-state index contributed by atoms with van der Waals surface area (Å²) in [6.07, 6.45) is -1.30. The molecule has 2 N–H and O–H groups in total. The van der Waals surface area contributed by atoms with Gasteiger partial charge in [0, 0.05) is 30.6 Å². The third-order valence-electron chi connectivity index (χ3n) is 10.5. The van der Waals surface area contributed by atoms with Crippen molar-refractivity contribution in [2.24, 2.45) is 16.7 Å². The second-order valence-corrected chi connectivity index (χ2v) is 12.5. The number of esters is 3. The average Bonchev–Trinajstić information content (AvgIpc) is 3.19. The van der Waals surface area contributed by atoms with Gasteiger partial charge in [-0.15, -0.1) is 0 Å². The quantitative estimate of drug-likeness (QED) is 0.448. The highest BCUT2D eigenvalue weighted by molar-refractivity contribution is 5.89. The molecule has 2 saturated heterocycles. The molecule has 0 unspecified atom stereocenters. The highest BCUT2D eigenvalue weighted by atomic mass is 16.6. The van der Waals surface area contributed by atoms with Crippen LogP contribution in [0.25, 0.3) is 0 Å². The molecular weight excluding hydrogens is 492 g/mol. The van der Waals surface area contributed by atoms with Crippen LogP contribution in [-0.4, -0.2) is 69.8 Å². The van der Waals surface area contributed by atoms with Gasteiger partial charge in [0.25, 0.3) is 0 Å². The normalized spacial score (nSPS) is 46.0. The minimum atomic E-state index is -1.62. The summed E-state index contributed by atoms with van der Waals surface area (Å²) in [5.74, 6) is -1.75. The predicted molar refractivity (Wildman–Crippen MR) is 134 cm³/mol. The second-order valence-electron chi connectivity index (χ2n) is 12.5. The number of rotatable bonds is 3. The van der Waals surface area contributed by atoms with E-state index in [-0.39, 0.29) is 37.8 Å². The lowest BCUT2D eigenvalue weighted by Crippen LogP contribution is -2.79. The van der Waals surface area contributed by atoms with Crippen LogP contribution in [0.15, 0.2) is 30.3 Å². The minimum Gasteiger partial charge on any atom is -0.462 e. The lowest BCUT2D eigenvalue weighted by atomic mass is 9.39. The molecule has 2 aliphatic heterocycles. The van der Waals surface area contributed by atoms with E-state index in [0.717, 1.165) is 0 Å². The maximum absolute atomic E-state index is 13.3. The van der Waals surface area contributed by atoms with Crippen molar-refractivity contribution in [2.75, 3.05) is 6.61 Å². The molecule has 208 valence electrons. The van der Waals surface area contributed by atoms with Crippen molar-refractivity contribution in [3.05, 3.63) is 35.9 Å². The molecule has 1 spiro atoms. The van der Waals surface area contributed by atoms with E-state index in [1.54, 1.807) is 37.3 Å². The number of aliphatic hydroxyl groups is 2. The summed E-state index contributed by atoms with van der Waals surface area (Å²) in [7, 11) is 0. The van der Waals surface area contributed by atoms with E-state index in [2.05, 4.69) is 0 Å². The first-order valence-electron chi connectivity index (χ1n) is 13.4. The van der Waals surface area contributed by atoms with Gasteiger partial charge in [0.1, 0.15) is 24.4 Å². The summed E-state index contributed by atoms with van der Waals surface area (Å²) in [5, 5.41) is 22.9. The zero-order valence-corrected chi connectivity index (χ0v) is 22.7. The van der Waals surface area contributed by atoms with Gasteiger partial charge in [0.2, 0.25) is 0 Å². The smallest absolute Gasteiger partial charge is 0.338 e. The molecule has 2 heterocycles. The largest absolute Gasteiger partial charge is 0.462 e. The van der Waals surface area contributed by atoms with E-state index in [0.29, 0.717) is 18.4 Å². The summed E-state index contributed by atoms with van der Waals surface area (Å²) in [5.41, 5.74) is -5.21. The summed E-state index contributed by atoms with van der Waals surface area (Å²) in [6.45, 7) is 8.75. The Morgan fingerprint density at radius 1 is 0.974 bits per heavy atom. The third-order valence-corrected chi connectivity index (χ3v) is 10.5. The van der Waals surface area contributed by atoms with E-state index in [1.165, 1.54) is 6.92 Å². The molecule has 1 aromatic rings. The van der Waals surface area contributed by atoms with Gasteiger partial charge in [-0.25, -0.2) is 4.79 Å². The monoisotopic (exact) mass is 530 g/mol. The number of hydrogen-bond acceptors (Lipinski definition) is 9. The van der Waals surface area contributed by atoms with Crippen molar-refractivity contribution >= 4 is 17.9 Å². The van der Waals surface area contributed by atoms with Crippen LogP contribution in [-0.2, 0) is 28.5 Å². The van der Waals surface area contributed by atoms with Crippen LogP contribution in [0.4, 0.5) is 0 Å². The molecule has 5 rings (SSSR count). The molecule has 0 amide bonds. The molecule has 4 fully saturated rings. The number of ether oxygens (including phenoxy) is 4. The Kier molecular flexibility index (Phi) is 6.25. The number of aliphatic hydroxyl groups excluding tert-OH is 1. The van der Waals surface area contributed by atoms with Crippen LogP contribution in [0.5, 0.6) is 0 Å². The van der Waals surface area contributed by atoms with Crippen LogP contribution < -0.4 is 0 Å². The Morgan fingerprint density at radius 3 is 2.24 bits per heavy atom. The number of carbonyl (C=O) groups excluding carboxylic acids is 3. The summed E-state index contributed by atoms with van der Waals surface area (Å²) >= 11 is 0. The average molecular weight is 531 g/mol. The standard InChI is InChI=1S/C29H38O9/c1-17(30)36-22-14-29(15-23(32)35-16-29)38-25(2)13-21(37-24(33)18-9-7-6-8-10-18)27(4)19(26(22,25)3)11-12-20(31)28(27,5)34/h6-10,19-22,31,34H,11-16H2,1-5H3/t19-,20-,21+,22+,25+,26+,27+,28+,29-/m1/s1. The van der Waals surface area contributed by atoms with Gasteiger partial charge in [-0.2, -0.15) is 0 Å². The number of hydrogen-bond donors (Lipinski definition) is 2. The van der Waals surface area contributed by atoms with Crippen molar-refractivity contribution in [1.29, 1.82) is 0 Å². The highest BCUT2D eigenvalue weighted by Crippen LogP contribution is 2.69. The lowest BCUT2D eigenvalue weighted by Gasteiger charge is -2.71. The first-order valence-corrected chi connectivity index (χ1v) is 13.4. The summed E-state index contributed by atoms with van der Waals surface area (Å²) < 4.78 is 24.3. The van der Waals surface area contributed by atoms with E-state index < -0.39 is 57.9 Å². The molecule has 9 heteroatoms. The first-order chi connectivity index (χ1) is 17.7. The molecule has 0 radical (unpaired) electrons. The highest BCUT2D eigenvalue weighted by Gasteiger charge is 2.77. The fourth-order valence-corrected chi connectivity index (χ4v) is 8.10. The maximum Gasteiger partial charge on any atom is 0.338 e. The van der Waals surface area contributed by atoms with Crippen LogP contribution in [0.2, 0.25) is 0 Å². The van der Waals surface area contributed by atoms with Crippen LogP contribution in [0.1, 0.15) is 77.1 Å². The van der Waals surface area contributed by atoms with Gasteiger partial charge in [0.05, 0.1) is 29.3 Å². The lowest BCUT2D eigenvalue weighted by molar-refractivity contribution is -0.363. The number of carbonyl (C=O) groups is 3. The molecule has 1 aromatic carbocycles. The molecule has 2 saturated carbocycles. The zero-order chi connectivity index (χ0) is 27.7. The molecule has 38 heavy (non-hydrogen) atoms. The van der Waals surface area contributed by atoms with Crippen molar-refractivity contribution in [2.45, 2.75) is 102 Å². The second kappa shape index (κ2) is 8.76. The van der Waals surface area contributed by atoms with Crippen LogP contribution >= 0.6 is 0 Å². The third kappa shape index (κ3) is 3.72. The van der Waals surface area contributed by atoms with E-state index >= 15 is 0 Å². The Morgan fingerprint density at radius 2 is 1.63 bits per heavy atom. The summed E-state index contributed by atoms with van der Waals surface area (Å²) in [6, 6.07) is 8.62. The van der Waals surface area contributed by atoms with E-state index in [9.17, 15) is 24.6 Å². The molecule has 0 bridgehead atoms. The Balaban J connectivity index is 1.64. The topological polar surface area (TPSA) is 129 Å². The van der Waals surface area contributed by atoms with E-state index in [1.807, 2.05) is 20.8 Å². The van der Waals surface area contributed by atoms with Crippen molar-refractivity contribution in [3.8, 4) is 0 Å². The molecule has 2 aliphatic carbocycles. The predicted octanol–water partition coefficient (Wildman–Crippen LogP) is 2.95. The number of fused-ring (bicyclic) bond motifs is 3. The zero-order valence-electron chi connectivity index (χ0n) is 22.7. The Bertz CT molecular complexity index is 1130. The number of benzene rings is 1. The van der Waals surface area contributed by atoms with Crippen molar-refractivity contribution < 1.29 is 43.5 Å². The number of cyclic esters (lactones) is 1. The van der Waals surface area contributed by atoms with Crippen LogP contribution in [0, 0.1) is 16.7 Å². The molecule has 4 aliphatic rings. The SMILES string of the molecule is CC(=O)O[C@H]1C[C@@]2(COC(=O)C2)O[C@@]2(C)C[C@H](OC(=O)c3ccccc3)[C@]3(C)[C@H](CC[C@@H](O)[C@]3(C)O)[C@@]12C. The Labute approximate surface area is 222 Å². The fraction of sp³-hybridized carbons (Fsp3) is 0.690. The molecular formula is C29H38O9. The molecule has 0 aromatic heterocycles. The summed E-state index contributed by atoms with van der Waals surface area (Å²) in [4.78, 5) is 37.9. The van der Waals surface area contributed by atoms with Crippen molar-refractivity contribution in [3.63, 3.8) is 0 Å². The van der Waals surface area contributed by atoms with Crippen molar-refractivity contribution in [1.82, 2.24) is 0 Å². The van der Waals surface area contributed by atoms with Gasteiger partial charge in [0.15, 0.2) is 0 Å².